The van der Waals surface area contributed by atoms with Gasteiger partial charge in [-0.2, -0.15) is 0 Å². The van der Waals surface area contributed by atoms with Gasteiger partial charge in [-0.15, -0.1) is 0 Å². The molecule has 0 saturated carbocycles. The third-order valence-corrected chi connectivity index (χ3v) is 10.4. The first kappa shape index (κ1) is 33.1. The molecule has 3 fully saturated rings. The lowest BCUT2D eigenvalue weighted by Crippen LogP contribution is -2.63. The van der Waals surface area contributed by atoms with Gasteiger partial charge in [0.1, 0.15) is 0 Å². The second kappa shape index (κ2) is 15.3. The number of likely N-dealkylation sites (tertiary alicyclic amines) is 2. The normalized spacial score (nSPS) is 25.3. The number of rotatable bonds is 10. The molecule has 4 aliphatic rings. The van der Waals surface area contributed by atoms with E-state index in [0.29, 0.717) is 36.8 Å². The van der Waals surface area contributed by atoms with Gasteiger partial charge in [0, 0.05) is 82.1 Å². The number of halogens is 2. The molecule has 0 aliphatic carbocycles. The fraction of sp³-hybridized carbons (Fsp3) is 0.727. The molecule has 4 heterocycles. The first-order valence-corrected chi connectivity index (χ1v) is 16.8. The van der Waals surface area contributed by atoms with Crippen LogP contribution in [-0.2, 0) is 11.2 Å². The van der Waals surface area contributed by atoms with Gasteiger partial charge in [0.2, 0.25) is 5.91 Å². The maximum absolute atomic E-state index is 14.4. The second-order valence-electron chi connectivity index (χ2n) is 13.3. The minimum absolute atomic E-state index is 0.0188. The number of amides is 1. The summed E-state index contributed by atoms with van der Waals surface area (Å²) in [4.78, 5) is 19.1. The Kier molecular flexibility index (Phi) is 11.5. The lowest BCUT2D eigenvalue weighted by Gasteiger charge is -2.48. The molecule has 0 spiro atoms. The third-order valence-electron chi connectivity index (χ3n) is 10.4. The van der Waals surface area contributed by atoms with Crippen molar-refractivity contribution < 1.29 is 13.6 Å². The number of hydrogen-bond donors (Lipinski definition) is 5. The van der Waals surface area contributed by atoms with Gasteiger partial charge < -0.3 is 42.1 Å². The Morgan fingerprint density at radius 1 is 1.11 bits per heavy atom. The average Bonchev–Trinajstić information content (AvgIpc) is 3.03. The van der Waals surface area contributed by atoms with Crippen LogP contribution in [0.25, 0.3) is 5.57 Å². The van der Waals surface area contributed by atoms with Gasteiger partial charge in [0.25, 0.3) is 6.43 Å². The summed E-state index contributed by atoms with van der Waals surface area (Å²) in [5.41, 5.74) is 16.0. The number of alkyl halides is 2. The molecular weight excluding hydrogens is 562 g/mol. The summed E-state index contributed by atoms with van der Waals surface area (Å²) in [5, 5.41) is 10.4. The lowest BCUT2D eigenvalue weighted by molar-refractivity contribution is -0.131. The van der Waals surface area contributed by atoms with Crippen LogP contribution < -0.4 is 32.3 Å². The first-order valence-electron chi connectivity index (χ1n) is 16.8. The standard InChI is InChI=1S/C33H54F2N8O/c1-22(44)42-15-9-30(40-26-7-13-41(14-8-26)20-23-5-10-39-11-6-23)29(21-42)33(37)43-12-3-4-24-16-27(25(18-36)19-38-2)28(32(34)35)17-31(24)43/h16-17,19,23,26,29-30,32-33,38-40H,3-15,18,20-21,36-37H2,1-2H3/b25-19+. The highest BCUT2D eigenvalue weighted by Gasteiger charge is 2.39. The van der Waals surface area contributed by atoms with E-state index in [4.69, 9.17) is 11.5 Å². The number of carbonyl (C=O) groups is 1. The maximum Gasteiger partial charge on any atom is 0.264 e. The van der Waals surface area contributed by atoms with Crippen molar-refractivity contribution in [2.45, 2.75) is 76.5 Å². The summed E-state index contributed by atoms with van der Waals surface area (Å²) in [5.74, 6) is 0.834. The molecule has 3 atom stereocenters. The van der Waals surface area contributed by atoms with E-state index in [9.17, 15) is 13.6 Å². The number of nitrogens with two attached hydrogens (primary N) is 2. The molecule has 44 heavy (non-hydrogen) atoms. The molecule has 9 nitrogen and oxygen atoms in total. The van der Waals surface area contributed by atoms with Crippen LogP contribution in [0, 0.1) is 11.8 Å². The van der Waals surface area contributed by atoms with E-state index in [1.165, 1.54) is 19.4 Å². The second-order valence-corrected chi connectivity index (χ2v) is 13.3. The molecule has 246 valence electrons. The van der Waals surface area contributed by atoms with Gasteiger partial charge in [0.05, 0.1) is 6.17 Å². The van der Waals surface area contributed by atoms with Crippen LogP contribution in [0.5, 0.6) is 0 Å². The zero-order valence-corrected chi connectivity index (χ0v) is 26.7. The smallest absolute Gasteiger partial charge is 0.264 e. The van der Waals surface area contributed by atoms with Crippen molar-refractivity contribution in [3.8, 4) is 0 Å². The van der Waals surface area contributed by atoms with Gasteiger partial charge in [-0.25, -0.2) is 8.78 Å². The summed E-state index contributed by atoms with van der Waals surface area (Å²) in [6, 6.07) is 4.10. The lowest BCUT2D eigenvalue weighted by atomic mass is 9.85. The van der Waals surface area contributed by atoms with E-state index in [0.717, 1.165) is 75.5 Å². The van der Waals surface area contributed by atoms with E-state index >= 15 is 0 Å². The first-order chi connectivity index (χ1) is 21.3. The molecule has 1 aromatic carbocycles. The van der Waals surface area contributed by atoms with Crippen LogP contribution in [0.2, 0.25) is 0 Å². The number of benzene rings is 1. The van der Waals surface area contributed by atoms with Crippen molar-refractivity contribution >= 4 is 17.2 Å². The topological polar surface area (TPSA) is 115 Å². The SMILES string of the molecule is CN/C=C(\CN)c1cc2c(cc1C(F)F)N(C(N)C1CN(C(C)=O)CCC1NC1CCN(CC3CCNCC3)CC1)CCC2. The monoisotopic (exact) mass is 616 g/mol. The highest BCUT2D eigenvalue weighted by molar-refractivity contribution is 5.75. The Bertz CT molecular complexity index is 1140. The van der Waals surface area contributed by atoms with Gasteiger partial charge in [-0.05, 0) is 106 Å². The quantitative estimate of drug-likeness (QED) is 0.273. The maximum atomic E-state index is 14.4. The number of nitrogens with one attached hydrogen (secondary N) is 3. The average molecular weight is 617 g/mol. The number of anilines is 1. The molecule has 11 heteroatoms. The van der Waals surface area contributed by atoms with Crippen LogP contribution in [0.15, 0.2) is 18.3 Å². The predicted octanol–water partition coefficient (Wildman–Crippen LogP) is 2.47. The minimum Gasteiger partial charge on any atom is -0.394 e. The van der Waals surface area contributed by atoms with Gasteiger partial charge in [-0.3, -0.25) is 4.79 Å². The summed E-state index contributed by atoms with van der Waals surface area (Å²) in [6.07, 6.45) is 5.93. The third kappa shape index (κ3) is 7.73. The van der Waals surface area contributed by atoms with Gasteiger partial charge in [0.15, 0.2) is 0 Å². The van der Waals surface area contributed by atoms with E-state index in [-0.39, 0.29) is 30.0 Å². The Hall–Kier alpha value is -2.31. The number of hydrogen-bond acceptors (Lipinski definition) is 8. The molecular formula is C33H54F2N8O. The van der Waals surface area contributed by atoms with Crippen molar-refractivity contribution in [1.82, 2.24) is 25.8 Å². The fourth-order valence-electron chi connectivity index (χ4n) is 7.93. The van der Waals surface area contributed by atoms with Crippen molar-refractivity contribution in [2.24, 2.45) is 23.3 Å². The number of piperidine rings is 3. The molecule has 7 N–H and O–H groups in total. The number of aryl methyl sites for hydroxylation is 1. The van der Waals surface area contributed by atoms with Crippen LogP contribution in [0.1, 0.15) is 68.6 Å². The Labute approximate surface area is 262 Å². The van der Waals surface area contributed by atoms with Crippen LogP contribution in [0.4, 0.5) is 14.5 Å². The largest absolute Gasteiger partial charge is 0.394 e. The van der Waals surface area contributed by atoms with Crippen molar-refractivity contribution in [3.63, 3.8) is 0 Å². The summed E-state index contributed by atoms with van der Waals surface area (Å²) in [7, 11) is 1.74. The molecule has 1 aromatic rings. The van der Waals surface area contributed by atoms with Crippen LogP contribution in [0.3, 0.4) is 0 Å². The number of fused-ring (bicyclic) bond motifs is 1. The molecule has 0 bridgehead atoms. The molecule has 0 radical (unpaired) electrons. The van der Waals surface area contributed by atoms with Gasteiger partial charge in [-0.1, -0.05) is 0 Å². The molecule has 5 rings (SSSR count). The van der Waals surface area contributed by atoms with Gasteiger partial charge >= 0.3 is 0 Å². The number of nitrogens with zero attached hydrogens (tertiary/aromatic N) is 3. The predicted molar refractivity (Wildman–Crippen MR) is 173 cm³/mol. The molecule has 3 unspecified atom stereocenters. The zero-order chi connectivity index (χ0) is 31.2. The molecule has 0 aromatic heterocycles. The highest BCUT2D eigenvalue weighted by atomic mass is 19.3. The Morgan fingerprint density at radius 2 is 1.86 bits per heavy atom. The van der Waals surface area contributed by atoms with Crippen molar-refractivity contribution in [3.05, 3.63) is 35.0 Å². The van der Waals surface area contributed by atoms with Crippen LogP contribution in [-0.4, -0.2) is 99.9 Å². The Morgan fingerprint density at radius 3 is 2.52 bits per heavy atom. The Balaban J connectivity index is 1.32. The minimum atomic E-state index is -2.64. The zero-order valence-electron chi connectivity index (χ0n) is 26.7. The summed E-state index contributed by atoms with van der Waals surface area (Å²) >= 11 is 0. The van der Waals surface area contributed by atoms with E-state index in [1.54, 1.807) is 26.2 Å². The molecule has 4 aliphatic heterocycles. The summed E-state index contributed by atoms with van der Waals surface area (Å²) in [6.45, 7) is 9.44. The molecule has 3 saturated heterocycles. The van der Waals surface area contributed by atoms with E-state index in [2.05, 4.69) is 25.8 Å². The van der Waals surface area contributed by atoms with E-state index in [1.807, 2.05) is 11.0 Å². The van der Waals surface area contributed by atoms with Crippen molar-refractivity contribution in [2.75, 3.05) is 70.9 Å². The van der Waals surface area contributed by atoms with E-state index < -0.39 is 12.6 Å². The van der Waals surface area contributed by atoms with Crippen LogP contribution >= 0.6 is 0 Å². The number of carbonyl (C=O) groups excluding carboxylic acids is 1. The summed E-state index contributed by atoms with van der Waals surface area (Å²) < 4.78 is 28.9. The van der Waals surface area contributed by atoms with Crippen molar-refractivity contribution in [1.29, 1.82) is 0 Å². The molecule has 1 amide bonds. The fourth-order valence-corrected chi connectivity index (χ4v) is 7.93. The highest BCUT2D eigenvalue weighted by Crippen LogP contribution is 2.39.